The van der Waals surface area contributed by atoms with Crippen molar-refractivity contribution in [3.05, 3.63) is 35.9 Å². The van der Waals surface area contributed by atoms with Gasteiger partial charge in [-0.25, -0.2) is 0 Å². The van der Waals surface area contributed by atoms with E-state index in [0.717, 1.165) is 26.2 Å². The van der Waals surface area contributed by atoms with E-state index >= 15 is 0 Å². The Bertz CT molecular complexity index is 347. The van der Waals surface area contributed by atoms with Crippen molar-refractivity contribution in [3.63, 3.8) is 0 Å². The van der Waals surface area contributed by atoms with Crippen molar-refractivity contribution in [2.45, 2.75) is 12.1 Å². The van der Waals surface area contributed by atoms with Crippen LogP contribution in [-0.2, 0) is 4.74 Å². The molecule has 0 radical (unpaired) electrons. The fourth-order valence-electron chi connectivity index (χ4n) is 2.21. The van der Waals surface area contributed by atoms with Gasteiger partial charge in [-0.05, 0) is 12.6 Å². The van der Waals surface area contributed by atoms with Crippen molar-refractivity contribution in [1.29, 1.82) is 0 Å². The molecule has 1 heterocycles. The molecule has 0 saturated carbocycles. The summed E-state index contributed by atoms with van der Waals surface area (Å²) in [6, 6.07) is 10.5. The number of nitrogens with one attached hydrogen (secondary N) is 1. The summed E-state index contributed by atoms with van der Waals surface area (Å²) < 4.78 is 5.73. The fourth-order valence-corrected chi connectivity index (χ4v) is 2.50. The van der Waals surface area contributed by atoms with Gasteiger partial charge in [-0.1, -0.05) is 30.3 Å². The summed E-state index contributed by atoms with van der Waals surface area (Å²) in [6.45, 7) is 3.67. The van der Waals surface area contributed by atoms with Crippen molar-refractivity contribution >= 4 is 11.6 Å². The molecule has 1 aromatic carbocycles. The zero-order chi connectivity index (χ0) is 12.8. The van der Waals surface area contributed by atoms with Crippen molar-refractivity contribution < 1.29 is 4.74 Å². The van der Waals surface area contributed by atoms with Crippen LogP contribution in [0.1, 0.15) is 11.6 Å². The van der Waals surface area contributed by atoms with Crippen LogP contribution in [-0.4, -0.2) is 50.2 Å². The lowest BCUT2D eigenvalue weighted by Crippen LogP contribution is -2.45. The normalized spacial score (nSPS) is 22.9. The molecule has 0 bridgehead atoms. The molecule has 0 amide bonds. The van der Waals surface area contributed by atoms with E-state index in [4.69, 9.17) is 16.3 Å². The first-order chi connectivity index (χ1) is 8.79. The van der Waals surface area contributed by atoms with Gasteiger partial charge in [-0.15, -0.1) is 11.6 Å². The van der Waals surface area contributed by atoms with E-state index in [2.05, 4.69) is 29.4 Å². The number of hydrogen-bond donors (Lipinski definition) is 1. The Kier molecular flexibility index (Phi) is 5.45. The number of likely N-dealkylation sites (N-methyl/N-ethyl adjacent to an activating group) is 1. The van der Waals surface area contributed by atoms with Gasteiger partial charge in [0.25, 0.3) is 0 Å². The highest BCUT2D eigenvalue weighted by molar-refractivity contribution is 6.18. The van der Waals surface area contributed by atoms with Crippen molar-refractivity contribution in [2.24, 2.45) is 0 Å². The maximum absolute atomic E-state index is 6.03. The minimum Gasteiger partial charge on any atom is -0.374 e. The number of benzene rings is 1. The summed E-state index contributed by atoms with van der Waals surface area (Å²) in [6.07, 6.45) is 0.262. The summed E-state index contributed by atoms with van der Waals surface area (Å²) in [4.78, 5) is 2.30. The summed E-state index contributed by atoms with van der Waals surface area (Å²) in [7, 11) is 2.13. The molecule has 0 aromatic heterocycles. The minimum absolute atomic E-state index is 0.198. The average Bonchev–Trinajstić information content (AvgIpc) is 2.41. The third-order valence-electron chi connectivity index (χ3n) is 3.29. The molecule has 2 atom stereocenters. The van der Waals surface area contributed by atoms with Gasteiger partial charge >= 0.3 is 0 Å². The van der Waals surface area contributed by atoms with Crippen LogP contribution in [0.2, 0.25) is 0 Å². The van der Waals surface area contributed by atoms with Crippen molar-refractivity contribution in [3.8, 4) is 0 Å². The SMILES string of the molecule is CN1CCOC(CNC(CCl)c2ccccc2)C1. The lowest BCUT2D eigenvalue weighted by atomic mass is 10.1. The van der Waals surface area contributed by atoms with Crippen LogP contribution in [0.4, 0.5) is 0 Å². The molecule has 1 aliphatic heterocycles. The Morgan fingerprint density at radius 1 is 1.44 bits per heavy atom. The van der Waals surface area contributed by atoms with Gasteiger partial charge in [-0.3, -0.25) is 0 Å². The lowest BCUT2D eigenvalue weighted by Gasteiger charge is -2.31. The van der Waals surface area contributed by atoms with Gasteiger partial charge in [0.1, 0.15) is 0 Å². The number of morpholine rings is 1. The first-order valence-electron chi connectivity index (χ1n) is 6.44. The molecule has 4 heteroatoms. The van der Waals surface area contributed by atoms with E-state index < -0.39 is 0 Å². The molecule has 1 N–H and O–H groups in total. The molecule has 2 rings (SSSR count). The van der Waals surface area contributed by atoms with Gasteiger partial charge in [0, 0.05) is 31.6 Å². The largest absolute Gasteiger partial charge is 0.374 e. The molecule has 18 heavy (non-hydrogen) atoms. The number of halogens is 1. The first-order valence-corrected chi connectivity index (χ1v) is 6.97. The van der Waals surface area contributed by atoms with Crippen LogP contribution >= 0.6 is 11.6 Å². The Morgan fingerprint density at radius 3 is 2.89 bits per heavy atom. The molecule has 1 aromatic rings. The summed E-state index contributed by atoms with van der Waals surface area (Å²) in [5.74, 6) is 0.576. The molecule has 2 unspecified atom stereocenters. The van der Waals surface area contributed by atoms with Crippen LogP contribution in [0.15, 0.2) is 30.3 Å². The number of hydrogen-bond acceptors (Lipinski definition) is 3. The van der Waals surface area contributed by atoms with Crippen LogP contribution in [0.25, 0.3) is 0 Å². The molecular weight excluding hydrogens is 248 g/mol. The van der Waals surface area contributed by atoms with E-state index in [9.17, 15) is 0 Å². The highest BCUT2D eigenvalue weighted by atomic mass is 35.5. The molecular formula is C14H21ClN2O. The zero-order valence-corrected chi connectivity index (χ0v) is 11.6. The number of rotatable bonds is 5. The van der Waals surface area contributed by atoms with Crippen LogP contribution in [0, 0.1) is 0 Å². The van der Waals surface area contributed by atoms with Gasteiger partial charge in [0.15, 0.2) is 0 Å². The van der Waals surface area contributed by atoms with E-state index in [-0.39, 0.29) is 12.1 Å². The van der Waals surface area contributed by atoms with E-state index in [0.29, 0.717) is 5.88 Å². The van der Waals surface area contributed by atoms with Crippen LogP contribution in [0.5, 0.6) is 0 Å². The fraction of sp³-hybridized carbons (Fsp3) is 0.571. The Balaban J connectivity index is 1.84. The zero-order valence-electron chi connectivity index (χ0n) is 10.8. The molecule has 1 aliphatic rings. The molecule has 0 spiro atoms. The predicted octanol–water partition coefficient (Wildman–Crippen LogP) is 1.89. The Hall–Kier alpha value is -0.610. The molecule has 1 saturated heterocycles. The van der Waals surface area contributed by atoms with Gasteiger partial charge < -0.3 is 15.0 Å². The molecule has 3 nitrogen and oxygen atoms in total. The maximum atomic E-state index is 6.03. The van der Waals surface area contributed by atoms with Gasteiger partial charge in [0.2, 0.25) is 0 Å². The van der Waals surface area contributed by atoms with Crippen LogP contribution in [0.3, 0.4) is 0 Å². The number of nitrogens with zero attached hydrogens (tertiary/aromatic N) is 1. The second-order valence-electron chi connectivity index (χ2n) is 4.78. The summed E-state index contributed by atoms with van der Waals surface area (Å²) in [5.41, 5.74) is 1.23. The Labute approximate surface area is 114 Å². The minimum atomic E-state index is 0.198. The molecule has 1 fully saturated rings. The third kappa shape index (κ3) is 3.95. The second-order valence-corrected chi connectivity index (χ2v) is 5.09. The molecule has 0 aliphatic carbocycles. The number of ether oxygens (including phenoxy) is 1. The van der Waals surface area contributed by atoms with Gasteiger partial charge in [0.05, 0.1) is 12.7 Å². The van der Waals surface area contributed by atoms with Crippen molar-refractivity contribution in [1.82, 2.24) is 10.2 Å². The monoisotopic (exact) mass is 268 g/mol. The first kappa shape index (κ1) is 13.8. The average molecular weight is 269 g/mol. The van der Waals surface area contributed by atoms with Gasteiger partial charge in [-0.2, -0.15) is 0 Å². The van der Waals surface area contributed by atoms with E-state index in [1.54, 1.807) is 0 Å². The van der Waals surface area contributed by atoms with Crippen LogP contribution < -0.4 is 5.32 Å². The highest BCUT2D eigenvalue weighted by Crippen LogP contribution is 2.14. The topological polar surface area (TPSA) is 24.5 Å². The van der Waals surface area contributed by atoms with E-state index in [1.165, 1.54) is 5.56 Å². The lowest BCUT2D eigenvalue weighted by molar-refractivity contribution is -0.0190. The second kappa shape index (κ2) is 7.10. The van der Waals surface area contributed by atoms with E-state index in [1.807, 2.05) is 18.2 Å². The number of alkyl halides is 1. The quantitative estimate of drug-likeness (QED) is 0.826. The molecule has 100 valence electrons. The predicted molar refractivity (Wildman–Crippen MR) is 75.1 cm³/mol. The maximum Gasteiger partial charge on any atom is 0.0826 e. The summed E-state index contributed by atoms with van der Waals surface area (Å²) in [5, 5.41) is 3.49. The summed E-state index contributed by atoms with van der Waals surface area (Å²) >= 11 is 6.03. The standard InChI is InChI=1S/C14H21ClN2O/c1-17-7-8-18-13(11-17)10-16-14(9-15)12-5-3-2-4-6-12/h2-6,13-14,16H,7-11H2,1H3. The Morgan fingerprint density at radius 2 is 2.22 bits per heavy atom. The highest BCUT2D eigenvalue weighted by Gasteiger charge is 2.19. The smallest absolute Gasteiger partial charge is 0.0826 e. The third-order valence-corrected chi connectivity index (χ3v) is 3.60. The van der Waals surface area contributed by atoms with Crippen molar-refractivity contribution in [2.75, 3.05) is 39.2 Å².